The second-order valence-corrected chi connectivity index (χ2v) is 12.0. The summed E-state index contributed by atoms with van der Waals surface area (Å²) in [6, 6.07) is 8.07. The maximum Gasteiger partial charge on any atom is 0.271 e. The van der Waals surface area contributed by atoms with E-state index in [1.807, 2.05) is 6.92 Å². The van der Waals surface area contributed by atoms with Gasteiger partial charge in [0.25, 0.3) is 17.7 Å². The molecule has 232 valence electrons. The number of nitrogens with two attached hydrogens (primary N) is 1. The Labute approximate surface area is 256 Å². The van der Waals surface area contributed by atoms with Crippen LogP contribution in [0.4, 0.5) is 17.6 Å². The van der Waals surface area contributed by atoms with Crippen molar-refractivity contribution in [2.24, 2.45) is 10.7 Å². The minimum absolute atomic E-state index is 0.0178. The lowest BCUT2D eigenvalue weighted by Gasteiger charge is -2.23. The summed E-state index contributed by atoms with van der Waals surface area (Å²) in [7, 11) is 0. The molecule has 8 nitrogen and oxygen atoms in total. The normalized spacial score (nSPS) is 17.6. The molecule has 1 aromatic heterocycles. The molecule has 2 amide bonds. The van der Waals surface area contributed by atoms with Crippen molar-refractivity contribution in [1.29, 1.82) is 0 Å². The van der Waals surface area contributed by atoms with Crippen LogP contribution in [-0.4, -0.2) is 43.5 Å². The maximum atomic E-state index is 14.7. The number of aryl methyl sites for hydroxylation is 1. The topological polar surface area (TPSA) is 105 Å². The third-order valence-corrected chi connectivity index (χ3v) is 7.99. The van der Waals surface area contributed by atoms with Gasteiger partial charge >= 0.3 is 0 Å². The molecular formula is C31H31ClF4N6O2. The van der Waals surface area contributed by atoms with Crippen LogP contribution in [0.1, 0.15) is 88.6 Å². The Morgan fingerprint density at radius 3 is 2.55 bits per heavy atom. The molecule has 2 aliphatic rings. The van der Waals surface area contributed by atoms with Crippen molar-refractivity contribution in [1.82, 2.24) is 19.8 Å². The van der Waals surface area contributed by atoms with E-state index in [-0.39, 0.29) is 36.4 Å². The Bertz CT molecular complexity index is 1670. The molecule has 13 heteroatoms. The Kier molecular flexibility index (Phi) is 8.17. The highest BCUT2D eigenvalue weighted by molar-refractivity contribution is 6.28. The van der Waals surface area contributed by atoms with Crippen LogP contribution >= 0.6 is 11.6 Å². The molecule has 2 aliphatic heterocycles. The molecule has 0 bridgehead atoms. The number of rotatable bonds is 8. The smallest absolute Gasteiger partial charge is 0.271 e. The molecule has 5 rings (SSSR count). The molecule has 0 saturated heterocycles. The predicted octanol–water partition coefficient (Wildman–Crippen LogP) is 6.25. The number of alkyl halides is 4. The molecule has 2 aromatic carbocycles. The van der Waals surface area contributed by atoms with Crippen LogP contribution in [0.5, 0.6) is 0 Å². The third kappa shape index (κ3) is 6.40. The maximum absolute atomic E-state index is 14.7. The number of benzene rings is 2. The average Bonchev–Trinajstić information content (AvgIpc) is 3.47. The number of hydrogen-bond acceptors (Lipinski definition) is 6. The largest absolute Gasteiger partial charge is 0.369 e. The van der Waals surface area contributed by atoms with E-state index in [1.54, 1.807) is 25.1 Å². The van der Waals surface area contributed by atoms with Gasteiger partial charge in [0.2, 0.25) is 11.2 Å². The summed E-state index contributed by atoms with van der Waals surface area (Å²) >= 11 is 5.88. The third-order valence-electron chi connectivity index (χ3n) is 7.81. The highest BCUT2D eigenvalue weighted by atomic mass is 35.5. The monoisotopic (exact) mass is 630 g/mol. The number of hydrogen-bond donors (Lipinski definition) is 1. The minimum Gasteiger partial charge on any atom is -0.369 e. The summed E-state index contributed by atoms with van der Waals surface area (Å²) in [5.74, 6) is -8.06. The van der Waals surface area contributed by atoms with Gasteiger partial charge in [0, 0.05) is 42.8 Å². The number of halogens is 5. The molecule has 0 spiro atoms. The fourth-order valence-electron chi connectivity index (χ4n) is 5.77. The molecule has 2 N–H and O–H groups in total. The van der Waals surface area contributed by atoms with Gasteiger partial charge in [-0.25, -0.2) is 32.5 Å². The number of carbonyl (C=O) groups excluding carboxylic acids is 2. The Balaban J connectivity index is 1.42. The zero-order chi connectivity index (χ0) is 32.1. The molecular weight excluding hydrogens is 600 g/mol. The van der Waals surface area contributed by atoms with Crippen molar-refractivity contribution in [3.8, 4) is 0 Å². The fraction of sp³-hybridized carbons (Fsp3) is 0.387. The van der Waals surface area contributed by atoms with Gasteiger partial charge in [0.15, 0.2) is 12.0 Å². The number of guanidine groups is 1. The van der Waals surface area contributed by atoms with E-state index in [0.717, 1.165) is 12.5 Å². The van der Waals surface area contributed by atoms with E-state index in [0.29, 0.717) is 34.9 Å². The van der Waals surface area contributed by atoms with Crippen LogP contribution in [0.15, 0.2) is 47.6 Å². The SMILES string of the molecule is Cc1ccc([C@H]2N=C(N)N(Cc3ccc(C(C)(F)F)c(C(=O)N4Cc5cnc(Cl)nc5C4)c3)C2=O)c(C(C)CC(C)(F)F)c1. The summed E-state index contributed by atoms with van der Waals surface area (Å²) in [5.41, 5.74) is 8.93. The summed E-state index contributed by atoms with van der Waals surface area (Å²) in [4.78, 5) is 42.2. The second-order valence-electron chi connectivity index (χ2n) is 11.7. The van der Waals surface area contributed by atoms with Crippen LogP contribution in [-0.2, 0) is 30.4 Å². The number of carbonyl (C=O) groups is 2. The molecule has 1 unspecified atom stereocenters. The van der Waals surface area contributed by atoms with Crippen molar-refractivity contribution in [2.45, 2.75) is 77.6 Å². The average molecular weight is 631 g/mol. The van der Waals surface area contributed by atoms with Crippen LogP contribution in [0, 0.1) is 6.92 Å². The number of fused-ring (bicyclic) bond motifs is 1. The fourth-order valence-corrected chi connectivity index (χ4v) is 5.92. The number of aliphatic imine (C=N–C) groups is 1. The van der Waals surface area contributed by atoms with Gasteiger partial charge < -0.3 is 10.6 Å². The molecule has 44 heavy (non-hydrogen) atoms. The first kappa shape index (κ1) is 31.4. The van der Waals surface area contributed by atoms with E-state index in [1.165, 1.54) is 34.2 Å². The summed E-state index contributed by atoms with van der Waals surface area (Å²) in [6.07, 6.45) is 1.08. The summed E-state index contributed by atoms with van der Waals surface area (Å²) < 4.78 is 57.1. The van der Waals surface area contributed by atoms with E-state index in [2.05, 4.69) is 15.0 Å². The molecule has 0 saturated carbocycles. The van der Waals surface area contributed by atoms with Crippen molar-refractivity contribution in [3.05, 3.63) is 92.5 Å². The lowest BCUT2D eigenvalue weighted by molar-refractivity contribution is -0.127. The summed E-state index contributed by atoms with van der Waals surface area (Å²) in [6.45, 7) is 5.10. The molecule has 0 radical (unpaired) electrons. The van der Waals surface area contributed by atoms with Crippen molar-refractivity contribution in [3.63, 3.8) is 0 Å². The van der Waals surface area contributed by atoms with E-state index in [4.69, 9.17) is 17.3 Å². The van der Waals surface area contributed by atoms with Crippen LogP contribution in [0.25, 0.3) is 0 Å². The van der Waals surface area contributed by atoms with Gasteiger partial charge in [-0.2, -0.15) is 0 Å². The lowest BCUT2D eigenvalue weighted by Crippen LogP contribution is -2.37. The van der Waals surface area contributed by atoms with Crippen molar-refractivity contribution >= 4 is 29.4 Å². The van der Waals surface area contributed by atoms with E-state index >= 15 is 0 Å². The predicted molar refractivity (Wildman–Crippen MR) is 156 cm³/mol. The van der Waals surface area contributed by atoms with Crippen molar-refractivity contribution < 1.29 is 27.2 Å². The van der Waals surface area contributed by atoms with Gasteiger partial charge in [0.05, 0.1) is 18.8 Å². The molecule has 3 heterocycles. The van der Waals surface area contributed by atoms with Gasteiger partial charge in [-0.1, -0.05) is 42.8 Å². The second kappa shape index (κ2) is 11.5. The lowest BCUT2D eigenvalue weighted by atomic mass is 9.87. The number of aromatic nitrogens is 2. The van der Waals surface area contributed by atoms with Gasteiger partial charge in [0.1, 0.15) is 0 Å². The number of amides is 2. The Morgan fingerprint density at radius 1 is 1.14 bits per heavy atom. The molecule has 0 fully saturated rings. The molecule has 3 aromatic rings. The zero-order valence-corrected chi connectivity index (χ0v) is 25.3. The van der Waals surface area contributed by atoms with E-state index < -0.39 is 47.6 Å². The standard InChI is InChI=1S/C31H31ClF4N6O2/c1-16-5-7-20(21(9-16)17(2)11-30(3,33)34)25-27(44)42(29(37)40-25)13-18-6-8-23(31(4,35)36)22(10-18)26(43)41-14-19-12-38-28(32)39-24(19)15-41/h5-10,12,17,25H,11,13-15H2,1-4H3,(H2,37,40)/t17?,25-/m1/s1. The quantitative estimate of drug-likeness (QED) is 0.234. The highest BCUT2D eigenvalue weighted by Gasteiger charge is 2.38. The van der Waals surface area contributed by atoms with Crippen LogP contribution in [0.2, 0.25) is 5.28 Å². The molecule has 2 atom stereocenters. The van der Waals surface area contributed by atoms with E-state index in [9.17, 15) is 27.2 Å². The number of nitrogens with zero attached hydrogens (tertiary/aromatic N) is 5. The van der Waals surface area contributed by atoms with Gasteiger partial charge in [-0.15, -0.1) is 0 Å². The Hall–Kier alpha value is -4.06. The van der Waals surface area contributed by atoms with Gasteiger partial charge in [-0.05, 0) is 54.1 Å². The van der Waals surface area contributed by atoms with Crippen molar-refractivity contribution in [2.75, 3.05) is 0 Å². The first-order valence-corrected chi connectivity index (χ1v) is 14.3. The van der Waals surface area contributed by atoms with Gasteiger partial charge in [-0.3, -0.25) is 14.5 Å². The zero-order valence-electron chi connectivity index (χ0n) is 24.5. The first-order chi connectivity index (χ1) is 20.5. The summed E-state index contributed by atoms with van der Waals surface area (Å²) in [5, 5.41) is 0.0178. The van der Waals surface area contributed by atoms with Crippen LogP contribution in [0.3, 0.4) is 0 Å². The Morgan fingerprint density at radius 2 is 1.86 bits per heavy atom. The first-order valence-electron chi connectivity index (χ1n) is 14.0. The minimum atomic E-state index is -3.33. The highest BCUT2D eigenvalue weighted by Crippen LogP contribution is 2.38. The molecule has 0 aliphatic carbocycles. The van der Waals surface area contributed by atoms with Crippen LogP contribution < -0.4 is 5.73 Å².